The number of pyridine rings is 1. The lowest BCUT2D eigenvalue weighted by Gasteiger charge is -2.01. The summed E-state index contributed by atoms with van der Waals surface area (Å²) in [6, 6.07) is 1.80. The third-order valence-corrected chi connectivity index (χ3v) is 2.79. The summed E-state index contributed by atoms with van der Waals surface area (Å²) in [5, 5.41) is 7.84. The molecule has 0 aliphatic carbocycles. The minimum absolute atomic E-state index is 0.612. The maximum absolute atomic E-state index is 5.76. The molecule has 14 heavy (non-hydrogen) atoms. The third kappa shape index (κ3) is 2.05. The molecule has 0 aliphatic heterocycles. The van der Waals surface area contributed by atoms with Crippen LogP contribution in [0.25, 0.3) is 0 Å². The molecule has 2 aromatic rings. The van der Waals surface area contributed by atoms with Gasteiger partial charge in [0.1, 0.15) is 11.4 Å². The van der Waals surface area contributed by atoms with Gasteiger partial charge in [-0.2, -0.15) is 5.10 Å². The monoisotopic (exact) mass is 271 g/mol. The van der Waals surface area contributed by atoms with Gasteiger partial charge in [-0.25, -0.2) is 9.97 Å². The Kier molecular flexibility index (Phi) is 2.69. The number of nitrogens with two attached hydrogens (primary N) is 1. The summed E-state index contributed by atoms with van der Waals surface area (Å²) in [4.78, 5) is 8.12. The molecule has 0 atom stereocenters. The molecule has 2 aromatic heterocycles. The van der Waals surface area contributed by atoms with Crippen LogP contribution >= 0.6 is 27.7 Å². The van der Waals surface area contributed by atoms with Crippen LogP contribution in [0.5, 0.6) is 0 Å². The Hall–Kier alpha value is -1.08. The highest BCUT2D eigenvalue weighted by atomic mass is 79.9. The van der Waals surface area contributed by atoms with Gasteiger partial charge in [-0.3, -0.25) is 5.10 Å². The maximum Gasteiger partial charge on any atom is 0.189 e. The summed E-state index contributed by atoms with van der Waals surface area (Å²) >= 11 is 4.63. The first kappa shape index (κ1) is 9.47. The molecule has 0 saturated heterocycles. The van der Waals surface area contributed by atoms with Crippen LogP contribution in [0, 0.1) is 0 Å². The van der Waals surface area contributed by atoms with Crippen LogP contribution in [0.1, 0.15) is 0 Å². The van der Waals surface area contributed by atoms with Gasteiger partial charge in [0.2, 0.25) is 0 Å². The second kappa shape index (κ2) is 3.97. The number of nitrogens with one attached hydrogen (secondary N) is 1. The van der Waals surface area contributed by atoms with E-state index in [1.165, 1.54) is 18.1 Å². The number of H-pyrrole nitrogens is 1. The van der Waals surface area contributed by atoms with Crippen molar-refractivity contribution in [3.05, 3.63) is 23.1 Å². The number of aromatic nitrogens is 4. The minimum Gasteiger partial charge on any atom is -0.396 e. The minimum atomic E-state index is 0.612. The number of rotatable bonds is 2. The Morgan fingerprint density at radius 3 is 2.93 bits per heavy atom. The fraction of sp³-hybridized carbons (Fsp3) is 0. The van der Waals surface area contributed by atoms with Crippen LogP contribution in [-0.4, -0.2) is 20.2 Å². The normalized spacial score (nSPS) is 10.4. The predicted molar refractivity (Wildman–Crippen MR) is 56.9 cm³/mol. The molecule has 5 nitrogen and oxygen atoms in total. The topological polar surface area (TPSA) is 80.5 Å². The van der Waals surface area contributed by atoms with Crippen molar-refractivity contribution in [3.63, 3.8) is 0 Å². The Morgan fingerprint density at radius 2 is 2.29 bits per heavy atom. The van der Waals surface area contributed by atoms with Gasteiger partial charge in [0, 0.05) is 10.7 Å². The lowest BCUT2D eigenvalue weighted by molar-refractivity contribution is 0.968. The van der Waals surface area contributed by atoms with Crippen LogP contribution in [0.15, 0.2) is 33.2 Å². The zero-order chi connectivity index (χ0) is 9.97. The first-order valence-corrected chi connectivity index (χ1v) is 5.31. The fourth-order valence-electron chi connectivity index (χ4n) is 0.863. The Labute approximate surface area is 92.7 Å². The average Bonchev–Trinajstić information content (AvgIpc) is 2.62. The van der Waals surface area contributed by atoms with Gasteiger partial charge in [-0.1, -0.05) is 0 Å². The van der Waals surface area contributed by atoms with Crippen LogP contribution in [0.2, 0.25) is 0 Å². The highest BCUT2D eigenvalue weighted by Crippen LogP contribution is 2.28. The maximum atomic E-state index is 5.76. The summed E-state index contributed by atoms with van der Waals surface area (Å²) in [6.45, 7) is 0. The number of nitrogen functional groups attached to an aromatic ring is 1. The van der Waals surface area contributed by atoms with Crippen molar-refractivity contribution in [2.75, 3.05) is 5.73 Å². The lowest BCUT2D eigenvalue weighted by atomic mass is 10.4. The molecule has 0 bridgehead atoms. The molecule has 0 unspecified atom stereocenters. The average molecular weight is 272 g/mol. The summed E-state index contributed by atoms with van der Waals surface area (Å²) in [6.07, 6.45) is 3.13. The summed E-state index contributed by atoms with van der Waals surface area (Å²) in [5.41, 5.74) is 6.37. The summed E-state index contributed by atoms with van der Waals surface area (Å²) in [7, 11) is 0. The highest BCUT2D eigenvalue weighted by molar-refractivity contribution is 9.10. The molecule has 72 valence electrons. The van der Waals surface area contributed by atoms with Gasteiger partial charge in [0.25, 0.3) is 0 Å². The van der Waals surface area contributed by atoms with Crippen molar-refractivity contribution in [2.24, 2.45) is 0 Å². The molecule has 0 amide bonds. The molecule has 0 aliphatic rings. The Bertz CT molecular complexity index is 430. The van der Waals surface area contributed by atoms with Gasteiger partial charge in [0.05, 0.1) is 5.69 Å². The standard InChI is InChI=1S/C7H6BrN5S/c8-4-1-5(9)6(10-2-4)14-7-11-3-12-13-7/h1-3H,9H2,(H,11,12,13). The molecule has 7 heteroatoms. The van der Waals surface area contributed by atoms with E-state index >= 15 is 0 Å². The first-order valence-electron chi connectivity index (χ1n) is 3.70. The number of hydrogen-bond donors (Lipinski definition) is 2. The van der Waals surface area contributed by atoms with Crippen molar-refractivity contribution in [1.29, 1.82) is 0 Å². The Morgan fingerprint density at radius 1 is 1.43 bits per heavy atom. The van der Waals surface area contributed by atoms with E-state index in [1.807, 2.05) is 0 Å². The zero-order valence-electron chi connectivity index (χ0n) is 6.94. The van der Waals surface area contributed by atoms with Crippen molar-refractivity contribution < 1.29 is 0 Å². The Balaban J connectivity index is 2.25. The number of anilines is 1. The van der Waals surface area contributed by atoms with E-state index in [4.69, 9.17) is 5.73 Å². The molecule has 0 fully saturated rings. The lowest BCUT2D eigenvalue weighted by Crippen LogP contribution is -1.91. The number of aromatic amines is 1. The second-order valence-corrected chi connectivity index (χ2v) is 4.33. The fourth-order valence-corrected chi connectivity index (χ4v) is 1.88. The molecular weight excluding hydrogens is 266 g/mol. The molecule has 0 saturated carbocycles. The van der Waals surface area contributed by atoms with E-state index in [2.05, 4.69) is 36.1 Å². The molecular formula is C7H6BrN5S. The van der Waals surface area contributed by atoms with Crippen LogP contribution < -0.4 is 5.73 Å². The van der Waals surface area contributed by atoms with Gasteiger partial charge < -0.3 is 5.73 Å². The van der Waals surface area contributed by atoms with Gasteiger partial charge >= 0.3 is 0 Å². The molecule has 0 radical (unpaired) electrons. The predicted octanol–water partition coefficient (Wildman–Crippen LogP) is 1.70. The second-order valence-electron chi connectivity index (χ2n) is 2.44. The van der Waals surface area contributed by atoms with Crippen LogP contribution in [-0.2, 0) is 0 Å². The molecule has 2 rings (SSSR count). The van der Waals surface area contributed by atoms with E-state index in [1.54, 1.807) is 12.3 Å². The first-order chi connectivity index (χ1) is 6.75. The number of nitrogens with zero attached hydrogens (tertiary/aromatic N) is 3. The van der Waals surface area contributed by atoms with E-state index in [9.17, 15) is 0 Å². The molecule has 3 N–H and O–H groups in total. The smallest absolute Gasteiger partial charge is 0.189 e. The van der Waals surface area contributed by atoms with Crippen LogP contribution in [0.3, 0.4) is 0 Å². The van der Waals surface area contributed by atoms with Crippen molar-refractivity contribution in [1.82, 2.24) is 20.2 Å². The third-order valence-electron chi connectivity index (χ3n) is 1.43. The van der Waals surface area contributed by atoms with E-state index in [0.29, 0.717) is 15.9 Å². The van der Waals surface area contributed by atoms with E-state index in [0.717, 1.165) is 4.47 Å². The number of halogens is 1. The van der Waals surface area contributed by atoms with Gasteiger partial charge in [-0.05, 0) is 33.8 Å². The van der Waals surface area contributed by atoms with Crippen molar-refractivity contribution >= 4 is 33.4 Å². The van der Waals surface area contributed by atoms with E-state index < -0.39 is 0 Å². The summed E-state index contributed by atoms with van der Waals surface area (Å²) in [5.74, 6) is 0. The van der Waals surface area contributed by atoms with Crippen LogP contribution in [0.4, 0.5) is 5.69 Å². The number of hydrogen-bond acceptors (Lipinski definition) is 5. The van der Waals surface area contributed by atoms with Crippen molar-refractivity contribution in [3.8, 4) is 0 Å². The highest BCUT2D eigenvalue weighted by Gasteiger charge is 2.05. The zero-order valence-corrected chi connectivity index (χ0v) is 9.34. The van der Waals surface area contributed by atoms with Crippen molar-refractivity contribution in [2.45, 2.75) is 10.2 Å². The molecule has 2 heterocycles. The quantitative estimate of drug-likeness (QED) is 0.869. The summed E-state index contributed by atoms with van der Waals surface area (Å²) < 4.78 is 0.858. The largest absolute Gasteiger partial charge is 0.396 e. The SMILES string of the molecule is Nc1cc(Br)cnc1Sc1ncn[nH]1. The van der Waals surface area contributed by atoms with E-state index in [-0.39, 0.29) is 0 Å². The van der Waals surface area contributed by atoms with Gasteiger partial charge in [-0.15, -0.1) is 0 Å². The molecule has 0 aromatic carbocycles. The molecule has 0 spiro atoms. The van der Waals surface area contributed by atoms with Gasteiger partial charge in [0.15, 0.2) is 5.16 Å².